The molecular formula is C12H16N4. The second-order valence-electron chi connectivity index (χ2n) is 3.80. The summed E-state index contributed by atoms with van der Waals surface area (Å²) in [6, 6.07) is 5.98. The zero-order valence-corrected chi connectivity index (χ0v) is 9.33. The van der Waals surface area contributed by atoms with Crippen molar-refractivity contribution in [3.05, 3.63) is 42.0 Å². The van der Waals surface area contributed by atoms with Crippen LogP contribution in [-0.4, -0.2) is 16.5 Å². The molecule has 1 heterocycles. The van der Waals surface area contributed by atoms with Crippen molar-refractivity contribution in [1.29, 1.82) is 0 Å². The number of aryl methyl sites for hydroxylation is 1. The molecule has 0 bridgehead atoms. The van der Waals surface area contributed by atoms with E-state index < -0.39 is 0 Å². The van der Waals surface area contributed by atoms with E-state index in [1.165, 1.54) is 5.56 Å². The van der Waals surface area contributed by atoms with Crippen molar-refractivity contribution in [2.24, 2.45) is 0 Å². The number of nitrogens with zero attached hydrogens (tertiary/aromatic N) is 1. The molecule has 0 radical (unpaired) electrons. The van der Waals surface area contributed by atoms with Gasteiger partial charge in [-0.15, -0.1) is 0 Å². The molecule has 4 nitrogen and oxygen atoms in total. The average Bonchev–Trinajstić information content (AvgIpc) is 2.76. The minimum Gasteiger partial charge on any atom is -0.397 e. The van der Waals surface area contributed by atoms with E-state index in [0.29, 0.717) is 0 Å². The van der Waals surface area contributed by atoms with Crippen LogP contribution in [-0.2, 0) is 6.42 Å². The van der Waals surface area contributed by atoms with Crippen LogP contribution in [0.25, 0.3) is 0 Å². The molecule has 1 aromatic carbocycles. The van der Waals surface area contributed by atoms with Crippen LogP contribution >= 0.6 is 0 Å². The van der Waals surface area contributed by atoms with Gasteiger partial charge in [0.25, 0.3) is 0 Å². The van der Waals surface area contributed by atoms with Gasteiger partial charge in [-0.05, 0) is 24.6 Å². The number of nitrogens with two attached hydrogens (primary N) is 1. The fourth-order valence-corrected chi connectivity index (χ4v) is 1.57. The number of nitrogen functional groups attached to an aromatic ring is 1. The number of H-pyrrole nitrogens is 1. The van der Waals surface area contributed by atoms with E-state index in [0.717, 1.165) is 30.2 Å². The van der Waals surface area contributed by atoms with E-state index >= 15 is 0 Å². The summed E-state index contributed by atoms with van der Waals surface area (Å²) in [5.74, 6) is 0.985. The summed E-state index contributed by atoms with van der Waals surface area (Å²) < 4.78 is 0. The molecule has 84 valence electrons. The number of aromatic nitrogens is 2. The quantitative estimate of drug-likeness (QED) is 0.684. The fourth-order valence-electron chi connectivity index (χ4n) is 1.57. The van der Waals surface area contributed by atoms with Crippen molar-refractivity contribution >= 4 is 11.4 Å². The number of imidazole rings is 1. The molecule has 0 saturated heterocycles. The highest BCUT2D eigenvalue weighted by molar-refractivity contribution is 5.66. The second-order valence-corrected chi connectivity index (χ2v) is 3.80. The number of hydrogen-bond donors (Lipinski definition) is 3. The molecule has 0 unspecified atom stereocenters. The third kappa shape index (κ3) is 2.53. The minimum atomic E-state index is 0.782. The Bertz CT molecular complexity index is 448. The number of rotatable bonds is 4. The Morgan fingerprint density at radius 3 is 3.06 bits per heavy atom. The summed E-state index contributed by atoms with van der Waals surface area (Å²) in [6.07, 6.45) is 4.45. The monoisotopic (exact) mass is 216 g/mol. The topological polar surface area (TPSA) is 66.7 Å². The molecule has 0 aliphatic heterocycles. The molecule has 2 aromatic rings. The molecule has 0 aliphatic carbocycles. The first kappa shape index (κ1) is 10.5. The molecule has 2 rings (SSSR count). The summed E-state index contributed by atoms with van der Waals surface area (Å²) >= 11 is 0. The molecule has 0 spiro atoms. The van der Waals surface area contributed by atoms with Gasteiger partial charge in [-0.2, -0.15) is 0 Å². The maximum Gasteiger partial charge on any atom is 0.107 e. The highest BCUT2D eigenvalue weighted by Crippen LogP contribution is 2.19. The summed E-state index contributed by atoms with van der Waals surface area (Å²) in [5.41, 5.74) is 8.84. The highest BCUT2D eigenvalue weighted by atomic mass is 14.9. The average molecular weight is 216 g/mol. The van der Waals surface area contributed by atoms with Gasteiger partial charge in [-0.1, -0.05) is 6.07 Å². The van der Waals surface area contributed by atoms with E-state index in [1.807, 2.05) is 18.3 Å². The maximum atomic E-state index is 5.86. The summed E-state index contributed by atoms with van der Waals surface area (Å²) in [7, 11) is 0. The minimum absolute atomic E-state index is 0.782. The van der Waals surface area contributed by atoms with Crippen LogP contribution < -0.4 is 11.1 Å². The first-order valence-electron chi connectivity index (χ1n) is 5.34. The SMILES string of the molecule is Cc1ccc(N)c(NCCc2ncc[nH]2)c1. The van der Waals surface area contributed by atoms with Crippen molar-refractivity contribution in [2.45, 2.75) is 13.3 Å². The predicted octanol–water partition coefficient (Wildman–Crippen LogP) is 1.95. The Balaban J connectivity index is 1.92. The molecule has 4 heteroatoms. The summed E-state index contributed by atoms with van der Waals surface area (Å²) in [4.78, 5) is 7.23. The van der Waals surface area contributed by atoms with Gasteiger partial charge in [0, 0.05) is 25.4 Å². The van der Waals surface area contributed by atoms with Crippen molar-refractivity contribution < 1.29 is 0 Å². The van der Waals surface area contributed by atoms with Crippen molar-refractivity contribution in [2.75, 3.05) is 17.6 Å². The van der Waals surface area contributed by atoms with Gasteiger partial charge in [0.1, 0.15) is 5.82 Å². The van der Waals surface area contributed by atoms with E-state index in [1.54, 1.807) is 6.20 Å². The fraction of sp³-hybridized carbons (Fsp3) is 0.250. The van der Waals surface area contributed by atoms with Gasteiger partial charge >= 0.3 is 0 Å². The number of benzene rings is 1. The van der Waals surface area contributed by atoms with Crippen molar-refractivity contribution in [1.82, 2.24) is 9.97 Å². The molecule has 0 amide bonds. The lowest BCUT2D eigenvalue weighted by Crippen LogP contribution is -2.07. The lowest BCUT2D eigenvalue weighted by atomic mass is 10.2. The zero-order valence-electron chi connectivity index (χ0n) is 9.33. The van der Waals surface area contributed by atoms with E-state index in [2.05, 4.69) is 28.3 Å². The molecule has 0 fully saturated rings. The molecule has 16 heavy (non-hydrogen) atoms. The molecule has 0 atom stereocenters. The summed E-state index contributed by atoms with van der Waals surface area (Å²) in [6.45, 7) is 2.87. The Kier molecular flexibility index (Phi) is 3.10. The molecular weight excluding hydrogens is 200 g/mol. The third-order valence-electron chi connectivity index (χ3n) is 2.44. The maximum absolute atomic E-state index is 5.86. The Morgan fingerprint density at radius 1 is 1.44 bits per heavy atom. The van der Waals surface area contributed by atoms with Gasteiger partial charge in [0.2, 0.25) is 0 Å². The van der Waals surface area contributed by atoms with E-state index in [-0.39, 0.29) is 0 Å². The van der Waals surface area contributed by atoms with Crippen LogP contribution in [0.1, 0.15) is 11.4 Å². The molecule has 4 N–H and O–H groups in total. The predicted molar refractivity (Wildman–Crippen MR) is 66.4 cm³/mol. The summed E-state index contributed by atoms with van der Waals surface area (Å²) in [5, 5.41) is 3.31. The van der Waals surface area contributed by atoms with Gasteiger partial charge in [0.15, 0.2) is 0 Å². The number of hydrogen-bond acceptors (Lipinski definition) is 3. The van der Waals surface area contributed by atoms with Gasteiger partial charge in [0.05, 0.1) is 11.4 Å². The molecule has 1 aromatic heterocycles. The van der Waals surface area contributed by atoms with Crippen LogP contribution in [0.2, 0.25) is 0 Å². The van der Waals surface area contributed by atoms with E-state index in [9.17, 15) is 0 Å². The standard InChI is InChI=1S/C12H16N4/c1-9-2-3-10(13)11(8-9)14-5-4-12-15-6-7-16-12/h2-3,6-8,14H,4-5,13H2,1H3,(H,15,16). The van der Waals surface area contributed by atoms with Gasteiger partial charge < -0.3 is 16.0 Å². The Labute approximate surface area is 94.9 Å². The smallest absolute Gasteiger partial charge is 0.107 e. The van der Waals surface area contributed by atoms with Crippen molar-refractivity contribution in [3.63, 3.8) is 0 Å². The van der Waals surface area contributed by atoms with Crippen molar-refractivity contribution in [3.8, 4) is 0 Å². The highest BCUT2D eigenvalue weighted by Gasteiger charge is 1.99. The Hall–Kier alpha value is -1.97. The molecule has 0 saturated carbocycles. The number of nitrogens with one attached hydrogen (secondary N) is 2. The third-order valence-corrected chi connectivity index (χ3v) is 2.44. The number of aromatic amines is 1. The van der Waals surface area contributed by atoms with Crippen LogP contribution in [0, 0.1) is 6.92 Å². The van der Waals surface area contributed by atoms with Crippen LogP contribution in [0.4, 0.5) is 11.4 Å². The van der Waals surface area contributed by atoms with Crippen LogP contribution in [0.15, 0.2) is 30.6 Å². The number of anilines is 2. The van der Waals surface area contributed by atoms with Crippen LogP contribution in [0.5, 0.6) is 0 Å². The van der Waals surface area contributed by atoms with Gasteiger partial charge in [-0.3, -0.25) is 0 Å². The van der Waals surface area contributed by atoms with E-state index in [4.69, 9.17) is 5.73 Å². The van der Waals surface area contributed by atoms with Crippen LogP contribution in [0.3, 0.4) is 0 Å². The Morgan fingerprint density at radius 2 is 2.31 bits per heavy atom. The lowest BCUT2D eigenvalue weighted by Gasteiger charge is -2.09. The second kappa shape index (κ2) is 4.70. The zero-order chi connectivity index (χ0) is 11.4. The first-order chi connectivity index (χ1) is 7.75. The normalized spacial score (nSPS) is 10.3. The lowest BCUT2D eigenvalue weighted by molar-refractivity contribution is 0.927. The largest absolute Gasteiger partial charge is 0.397 e. The van der Waals surface area contributed by atoms with Gasteiger partial charge in [-0.25, -0.2) is 4.98 Å². The molecule has 0 aliphatic rings. The first-order valence-corrected chi connectivity index (χ1v) is 5.34.